The van der Waals surface area contributed by atoms with Gasteiger partial charge in [0.05, 0.1) is 18.1 Å². The van der Waals surface area contributed by atoms with Crippen molar-refractivity contribution in [3.05, 3.63) is 40.7 Å². The molecule has 0 radical (unpaired) electrons. The number of piperidine rings is 1. The first-order chi connectivity index (χ1) is 13.1. The Hall–Kier alpha value is -2.38. The van der Waals surface area contributed by atoms with Gasteiger partial charge in [-0.05, 0) is 51.3 Å². The zero-order valence-electron chi connectivity index (χ0n) is 15.7. The number of nitrogens with zero attached hydrogens (tertiary/aromatic N) is 5. The molecule has 1 aliphatic heterocycles. The molecule has 6 nitrogen and oxygen atoms in total. The van der Waals surface area contributed by atoms with E-state index in [-0.39, 0.29) is 0 Å². The molecule has 138 valence electrons. The Labute approximate surface area is 161 Å². The number of hydrogen-bond donors (Lipinski definition) is 1. The lowest BCUT2D eigenvalue weighted by Crippen LogP contribution is -2.35. The number of thiophene rings is 1. The van der Waals surface area contributed by atoms with E-state index in [4.69, 9.17) is 4.98 Å². The zero-order valence-corrected chi connectivity index (χ0v) is 16.5. The molecule has 0 bridgehead atoms. The number of nitrogens with one attached hydrogen (secondary N) is 1. The van der Waals surface area contributed by atoms with Crippen molar-refractivity contribution in [2.45, 2.75) is 45.6 Å². The number of hydrogen-bond acceptors (Lipinski definition) is 6. The number of rotatable bonds is 2. The molecule has 4 aromatic heterocycles. The van der Waals surface area contributed by atoms with E-state index in [1.54, 1.807) is 11.3 Å². The molecule has 4 aromatic rings. The molecular formula is C20H22N6S. The molecule has 0 aliphatic carbocycles. The second-order valence-corrected chi connectivity index (χ2v) is 8.60. The number of aromatic nitrogens is 5. The quantitative estimate of drug-likeness (QED) is 0.573. The minimum absolute atomic E-state index is 0.566. The van der Waals surface area contributed by atoms with Gasteiger partial charge in [-0.25, -0.2) is 14.5 Å². The molecule has 0 saturated carbocycles. The van der Waals surface area contributed by atoms with E-state index in [2.05, 4.69) is 40.3 Å². The van der Waals surface area contributed by atoms with Crippen LogP contribution in [-0.4, -0.2) is 37.2 Å². The van der Waals surface area contributed by atoms with Gasteiger partial charge in [0.15, 0.2) is 5.65 Å². The van der Waals surface area contributed by atoms with Gasteiger partial charge in [-0.3, -0.25) is 4.98 Å². The lowest BCUT2D eigenvalue weighted by molar-refractivity contribution is 0.388. The van der Waals surface area contributed by atoms with Crippen molar-refractivity contribution in [2.75, 3.05) is 6.54 Å². The minimum atomic E-state index is 0.566. The summed E-state index contributed by atoms with van der Waals surface area (Å²) >= 11 is 1.77. The van der Waals surface area contributed by atoms with Crippen molar-refractivity contribution < 1.29 is 0 Å². The highest BCUT2D eigenvalue weighted by Gasteiger charge is 2.21. The number of aryl methyl sites for hydroxylation is 2. The van der Waals surface area contributed by atoms with Crippen LogP contribution in [0.1, 0.15) is 41.8 Å². The Morgan fingerprint density at radius 2 is 2.04 bits per heavy atom. The summed E-state index contributed by atoms with van der Waals surface area (Å²) in [4.78, 5) is 16.4. The Kier molecular flexibility index (Phi) is 3.94. The second kappa shape index (κ2) is 6.35. The molecule has 0 unspecified atom stereocenters. The SMILES string of the molecule is Cc1cn2nc(-c3cnc4cc([C@@H]5CC[C@@H](C)NC5)sc4n3)cc(C)c2n1. The topological polar surface area (TPSA) is 68.0 Å². The van der Waals surface area contributed by atoms with Crippen molar-refractivity contribution in [1.82, 2.24) is 29.9 Å². The van der Waals surface area contributed by atoms with Crippen LogP contribution in [-0.2, 0) is 0 Å². The highest BCUT2D eigenvalue weighted by molar-refractivity contribution is 7.18. The largest absolute Gasteiger partial charge is 0.314 e. The molecule has 1 fully saturated rings. The summed E-state index contributed by atoms with van der Waals surface area (Å²) in [5.74, 6) is 0.566. The lowest BCUT2D eigenvalue weighted by atomic mass is 9.94. The van der Waals surface area contributed by atoms with Crippen LogP contribution in [0.5, 0.6) is 0 Å². The van der Waals surface area contributed by atoms with Crippen LogP contribution in [0, 0.1) is 13.8 Å². The van der Waals surface area contributed by atoms with Crippen molar-refractivity contribution in [1.29, 1.82) is 0 Å². The summed E-state index contributed by atoms with van der Waals surface area (Å²) in [5, 5.41) is 8.27. The summed E-state index contributed by atoms with van der Waals surface area (Å²) < 4.78 is 1.83. The summed E-state index contributed by atoms with van der Waals surface area (Å²) in [6.45, 7) is 7.33. The molecule has 1 N–H and O–H groups in total. The van der Waals surface area contributed by atoms with Gasteiger partial charge in [-0.15, -0.1) is 11.3 Å². The maximum atomic E-state index is 4.87. The monoisotopic (exact) mass is 378 g/mol. The summed E-state index contributed by atoms with van der Waals surface area (Å²) in [6, 6.07) is 4.87. The maximum Gasteiger partial charge on any atom is 0.156 e. The predicted molar refractivity (Wildman–Crippen MR) is 108 cm³/mol. The van der Waals surface area contributed by atoms with Gasteiger partial charge in [0, 0.05) is 23.4 Å². The molecule has 7 heteroatoms. The van der Waals surface area contributed by atoms with Crippen LogP contribution in [0.3, 0.4) is 0 Å². The summed E-state index contributed by atoms with van der Waals surface area (Å²) in [5.41, 5.74) is 5.56. The van der Waals surface area contributed by atoms with Gasteiger partial charge in [-0.2, -0.15) is 5.10 Å². The van der Waals surface area contributed by atoms with E-state index in [1.165, 1.54) is 17.7 Å². The third kappa shape index (κ3) is 3.00. The number of fused-ring (bicyclic) bond motifs is 2. The molecule has 5 rings (SSSR count). The third-order valence-corrected chi connectivity index (χ3v) is 6.50. The van der Waals surface area contributed by atoms with Crippen LogP contribution in [0.25, 0.3) is 27.4 Å². The van der Waals surface area contributed by atoms with Crippen molar-refractivity contribution in [3.63, 3.8) is 0 Å². The maximum absolute atomic E-state index is 4.87. The average Bonchev–Trinajstić information content (AvgIpc) is 3.24. The molecule has 1 saturated heterocycles. The highest BCUT2D eigenvalue weighted by atomic mass is 32.1. The van der Waals surface area contributed by atoms with Crippen LogP contribution in [0.4, 0.5) is 0 Å². The second-order valence-electron chi connectivity index (χ2n) is 7.54. The molecule has 0 aromatic carbocycles. The molecule has 0 amide bonds. The van der Waals surface area contributed by atoms with E-state index in [0.29, 0.717) is 12.0 Å². The Balaban J connectivity index is 1.53. The van der Waals surface area contributed by atoms with Crippen molar-refractivity contribution in [2.24, 2.45) is 0 Å². The van der Waals surface area contributed by atoms with Crippen molar-refractivity contribution >= 4 is 27.3 Å². The zero-order chi connectivity index (χ0) is 18.5. The van der Waals surface area contributed by atoms with Crippen LogP contribution < -0.4 is 5.32 Å². The normalized spacial score (nSPS) is 20.6. The van der Waals surface area contributed by atoms with Gasteiger partial charge in [0.25, 0.3) is 0 Å². The van der Waals surface area contributed by atoms with Crippen LogP contribution in [0.15, 0.2) is 24.5 Å². The average molecular weight is 379 g/mol. The standard InChI is InChI=1S/C20H22N6S/c1-11-6-15(25-26-10-13(3)23-19(11)26)17-9-22-16-7-18(27-20(16)24-17)14-5-4-12(2)21-8-14/h6-7,9-10,12,14,21H,4-5,8H2,1-3H3/t12-,14-/m1/s1. The minimum Gasteiger partial charge on any atom is -0.314 e. The highest BCUT2D eigenvalue weighted by Crippen LogP contribution is 2.34. The van der Waals surface area contributed by atoms with E-state index in [9.17, 15) is 0 Å². The molecule has 2 atom stereocenters. The molecule has 0 spiro atoms. The third-order valence-electron chi connectivity index (χ3n) is 5.32. The van der Waals surface area contributed by atoms with Crippen LogP contribution in [0.2, 0.25) is 0 Å². The van der Waals surface area contributed by atoms with E-state index in [0.717, 1.165) is 45.2 Å². The smallest absolute Gasteiger partial charge is 0.156 e. The first kappa shape index (κ1) is 16.8. The lowest BCUT2D eigenvalue weighted by Gasteiger charge is -2.26. The van der Waals surface area contributed by atoms with Gasteiger partial charge in [-0.1, -0.05) is 0 Å². The van der Waals surface area contributed by atoms with Crippen molar-refractivity contribution in [3.8, 4) is 11.4 Å². The van der Waals surface area contributed by atoms with E-state index in [1.807, 2.05) is 29.9 Å². The molecule has 27 heavy (non-hydrogen) atoms. The summed E-state index contributed by atoms with van der Waals surface area (Å²) in [7, 11) is 0. The van der Waals surface area contributed by atoms with Gasteiger partial charge >= 0.3 is 0 Å². The fourth-order valence-electron chi connectivity index (χ4n) is 3.77. The molecule has 5 heterocycles. The molecular weight excluding hydrogens is 356 g/mol. The predicted octanol–water partition coefficient (Wildman–Crippen LogP) is 3.87. The first-order valence-electron chi connectivity index (χ1n) is 9.40. The number of imidazole rings is 1. The van der Waals surface area contributed by atoms with E-state index < -0.39 is 0 Å². The fourth-order valence-corrected chi connectivity index (χ4v) is 4.89. The van der Waals surface area contributed by atoms with Gasteiger partial charge in [0.1, 0.15) is 21.7 Å². The first-order valence-corrected chi connectivity index (χ1v) is 10.2. The summed E-state index contributed by atoms with van der Waals surface area (Å²) in [6.07, 6.45) is 6.22. The Morgan fingerprint density at radius 3 is 2.85 bits per heavy atom. The molecule has 1 aliphatic rings. The fraction of sp³-hybridized carbons (Fsp3) is 0.400. The van der Waals surface area contributed by atoms with Gasteiger partial charge < -0.3 is 5.32 Å². The van der Waals surface area contributed by atoms with Gasteiger partial charge in [0.2, 0.25) is 0 Å². The van der Waals surface area contributed by atoms with E-state index >= 15 is 0 Å². The Morgan fingerprint density at radius 1 is 1.15 bits per heavy atom. The van der Waals surface area contributed by atoms with Crippen LogP contribution >= 0.6 is 11.3 Å². The Bertz CT molecular complexity index is 1140.